The van der Waals surface area contributed by atoms with Gasteiger partial charge in [0.25, 0.3) is 5.56 Å². The van der Waals surface area contributed by atoms with Gasteiger partial charge in [-0.15, -0.1) is 0 Å². The number of hydrogen-bond acceptors (Lipinski definition) is 6. The van der Waals surface area contributed by atoms with E-state index in [0.29, 0.717) is 12.1 Å². The van der Waals surface area contributed by atoms with Crippen LogP contribution in [0.5, 0.6) is 5.88 Å². The Morgan fingerprint density at radius 2 is 1.77 bits per heavy atom. The van der Waals surface area contributed by atoms with Crippen LogP contribution in [0.2, 0.25) is 0 Å². The number of halogens is 1. The van der Waals surface area contributed by atoms with Crippen LogP contribution in [0, 0.1) is 5.82 Å². The molecule has 0 saturated carbocycles. The lowest BCUT2D eigenvalue weighted by atomic mass is 9.99. The molecule has 30 heavy (non-hydrogen) atoms. The summed E-state index contributed by atoms with van der Waals surface area (Å²) in [6.07, 6.45) is 0.347. The average Bonchev–Trinajstić information content (AvgIpc) is 3.19. The fourth-order valence-electron chi connectivity index (χ4n) is 3.41. The lowest BCUT2D eigenvalue weighted by Crippen LogP contribution is -2.33. The summed E-state index contributed by atoms with van der Waals surface area (Å²) in [4.78, 5) is 28.9. The summed E-state index contributed by atoms with van der Waals surface area (Å²) in [6.45, 7) is 0. The number of benzene rings is 2. The number of nitrogens with one attached hydrogen (secondary N) is 2. The van der Waals surface area contributed by atoms with Crippen molar-refractivity contribution < 1.29 is 9.50 Å². The largest absolute Gasteiger partial charge is 0.493 e. The van der Waals surface area contributed by atoms with E-state index in [2.05, 4.69) is 15.5 Å². The standard InChI is InChI=1S/C21H20FN5O3/c1-26(2)14-7-3-12(4-8-14)16-11-17(25-24-16)18-19(28)23-21(30)27(20(18)29)15-9-5-13(22)6-10-15/h3-10,16,24,29H,11H2,1-2H3,(H,23,28,30). The molecule has 0 spiro atoms. The summed E-state index contributed by atoms with van der Waals surface area (Å²) in [5.41, 5.74) is 3.90. The van der Waals surface area contributed by atoms with Crippen molar-refractivity contribution in [2.75, 3.05) is 19.0 Å². The molecular weight excluding hydrogens is 389 g/mol. The number of H-pyrrole nitrogens is 1. The number of rotatable bonds is 4. The minimum absolute atomic E-state index is 0.0983. The van der Waals surface area contributed by atoms with Crippen molar-refractivity contribution in [2.45, 2.75) is 12.5 Å². The maximum absolute atomic E-state index is 13.2. The van der Waals surface area contributed by atoms with E-state index in [-0.39, 0.29) is 17.3 Å². The number of hydrazone groups is 1. The van der Waals surface area contributed by atoms with Gasteiger partial charge < -0.3 is 15.4 Å². The van der Waals surface area contributed by atoms with E-state index in [9.17, 15) is 19.1 Å². The fourth-order valence-corrected chi connectivity index (χ4v) is 3.41. The van der Waals surface area contributed by atoms with Crippen LogP contribution in [-0.2, 0) is 0 Å². The van der Waals surface area contributed by atoms with Crippen LogP contribution in [0.25, 0.3) is 5.69 Å². The highest BCUT2D eigenvalue weighted by Crippen LogP contribution is 2.28. The van der Waals surface area contributed by atoms with E-state index < -0.39 is 22.9 Å². The summed E-state index contributed by atoms with van der Waals surface area (Å²) < 4.78 is 14.1. The smallest absolute Gasteiger partial charge is 0.335 e. The first-order chi connectivity index (χ1) is 14.3. The third-order valence-corrected chi connectivity index (χ3v) is 5.02. The van der Waals surface area contributed by atoms with Gasteiger partial charge in [0.2, 0.25) is 5.88 Å². The van der Waals surface area contributed by atoms with Gasteiger partial charge in [0, 0.05) is 26.2 Å². The molecule has 1 unspecified atom stereocenters. The highest BCUT2D eigenvalue weighted by atomic mass is 19.1. The molecule has 9 heteroatoms. The van der Waals surface area contributed by atoms with Crippen molar-refractivity contribution in [1.82, 2.24) is 15.0 Å². The van der Waals surface area contributed by atoms with Gasteiger partial charge in [-0.05, 0) is 42.0 Å². The van der Waals surface area contributed by atoms with E-state index in [0.717, 1.165) is 28.0 Å². The Balaban J connectivity index is 1.68. The molecule has 0 radical (unpaired) electrons. The summed E-state index contributed by atoms with van der Waals surface area (Å²) in [5, 5.41) is 14.9. The Hall–Kier alpha value is -3.88. The number of nitrogens with zero attached hydrogens (tertiary/aromatic N) is 3. The van der Waals surface area contributed by atoms with Crippen molar-refractivity contribution in [3.63, 3.8) is 0 Å². The highest BCUT2D eigenvalue weighted by Gasteiger charge is 2.27. The summed E-state index contributed by atoms with van der Waals surface area (Å²) in [6, 6.07) is 12.7. The summed E-state index contributed by atoms with van der Waals surface area (Å²) >= 11 is 0. The molecule has 1 aromatic heterocycles. The minimum Gasteiger partial charge on any atom is -0.493 e. The number of aromatic hydroxyl groups is 1. The van der Waals surface area contributed by atoms with E-state index in [1.807, 2.05) is 43.3 Å². The van der Waals surface area contributed by atoms with Crippen molar-refractivity contribution >= 4 is 11.4 Å². The summed E-state index contributed by atoms with van der Waals surface area (Å²) in [7, 11) is 3.91. The van der Waals surface area contributed by atoms with Gasteiger partial charge in [0.05, 0.1) is 17.4 Å². The predicted molar refractivity (Wildman–Crippen MR) is 112 cm³/mol. The molecule has 0 saturated heterocycles. The SMILES string of the molecule is CN(C)c1ccc(C2CC(c3c(O)n(-c4ccc(F)cc4)c(=O)[nH]c3=O)=NN2)cc1. The molecule has 2 aromatic carbocycles. The van der Waals surface area contributed by atoms with Crippen LogP contribution >= 0.6 is 0 Å². The summed E-state index contributed by atoms with van der Waals surface area (Å²) in [5.74, 6) is -1.03. The average molecular weight is 409 g/mol. The lowest BCUT2D eigenvalue weighted by molar-refractivity contribution is 0.429. The lowest BCUT2D eigenvalue weighted by Gasteiger charge is -2.15. The first kappa shape index (κ1) is 19.4. The normalized spacial score (nSPS) is 15.6. The highest BCUT2D eigenvalue weighted by molar-refractivity contribution is 6.03. The maximum atomic E-state index is 13.2. The first-order valence-electron chi connectivity index (χ1n) is 9.29. The molecule has 3 aromatic rings. The van der Waals surface area contributed by atoms with Crippen LogP contribution in [0.15, 0.2) is 63.2 Å². The van der Waals surface area contributed by atoms with E-state index in [4.69, 9.17) is 0 Å². The molecule has 3 N–H and O–H groups in total. The molecule has 0 bridgehead atoms. The van der Waals surface area contributed by atoms with Crippen LogP contribution in [-0.4, -0.2) is 34.5 Å². The zero-order valence-corrected chi connectivity index (χ0v) is 16.4. The Morgan fingerprint density at radius 1 is 1.10 bits per heavy atom. The zero-order valence-electron chi connectivity index (χ0n) is 16.4. The van der Waals surface area contributed by atoms with Crippen LogP contribution in [0.1, 0.15) is 23.6 Å². The molecule has 1 atom stereocenters. The Bertz CT molecular complexity index is 1230. The van der Waals surface area contributed by atoms with Crippen LogP contribution < -0.4 is 21.6 Å². The third-order valence-electron chi connectivity index (χ3n) is 5.02. The van der Waals surface area contributed by atoms with Gasteiger partial charge in [-0.25, -0.2) is 13.8 Å². The van der Waals surface area contributed by atoms with Gasteiger partial charge in [-0.1, -0.05) is 12.1 Å². The first-order valence-corrected chi connectivity index (χ1v) is 9.29. The van der Waals surface area contributed by atoms with Crippen LogP contribution in [0.4, 0.5) is 10.1 Å². The second-order valence-corrected chi connectivity index (χ2v) is 7.20. The molecule has 0 aliphatic carbocycles. The van der Waals surface area contributed by atoms with Crippen molar-refractivity contribution in [2.24, 2.45) is 5.10 Å². The van der Waals surface area contributed by atoms with Gasteiger partial charge in [0.15, 0.2) is 0 Å². The second-order valence-electron chi connectivity index (χ2n) is 7.20. The van der Waals surface area contributed by atoms with Gasteiger partial charge in [0.1, 0.15) is 11.4 Å². The molecule has 4 rings (SSSR count). The molecule has 8 nitrogen and oxygen atoms in total. The van der Waals surface area contributed by atoms with E-state index in [1.165, 1.54) is 12.1 Å². The fraction of sp³-hybridized carbons (Fsp3) is 0.190. The Labute approximate surface area is 170 Å². The quantitative estimate of drug-likeness (QED) is 0.611. The molecule has 0 fully saturated rings. The van der Waals surface area contributed by atoms with E-state index >= 15 is 0 Å². The zero-order chi connectivity index (χ0) is 21.4. The van der Waals surface area contributed by atoms with E-state index in [1.54, 1.807) is 0 Å². The van der Waals surface area contributed by atoms with Crippen molar-refractivity contribution in [1.29, 1.82) is 0 Å². The molecule has 1 aliphatic rings. The van der Waals surface area contributed by atoms with Crippen molar-refractivity contribution in [3.8, 4) is 11.6 Å². The number of hydrogen-bond donors (Lipinski definition) is 3. The molecular formula is C21H20FN5O3. The van der Waals surface area contributed by atoms with Crippen LogP contribution in [0.3, 0.4) is 0 Å². The topological polar surface area (TPSA) is 103 Å². The van der Waals surface area contributed by atoms with Crippen molar-refractivity contribution in [3.05, 3.63) is 86.3 Å². The molecule has 2 heterocycles. The molecule has 154 valence electrons. The predicted octanol–water partition coefficient (Wildman–Crippen LogP) is 1.88. The molecule has 1 aliphatic heterocycles. The minimum atomic E-state index is -0.824. The number of aromatic amines is 1. The Morgan fingerprint density at radius 3 is 2.40 bits per heavy atom. The molecule has 0 amide bonds. The monoisotopic (exact) mass is 409 g/mol. The number of anilines is 1. The van der Waals surface area contributed by atoms with Gasteiger partial charge >= 0.3 is 5.69 Å². The Kier molecular flexibility index (Phi) is 4.86. The number of aromatic nitrogens is 2. The third kappa shape index (κ3) is 3.45. The van der Waals surface area contributed by atoms with Gasteiger partial charge in [-0.3, -0.25) is 9.78 Å². The second kappa shape index (κ2) is 7.51. The maximum Gasteiger partial charge on any atom is 0.335 e. The van der Waals surface area contributed by atoms with Gasteiger partial charge in [-0.2, -0.15) is 5.10 Å².